The molecule has 0 saturated carbocycles. The van der Waals surface area contributed by atoms with Crippen LogP contribution in [0.4, 0.5) is 0 Å². The van der Waals surface area contributed by atoms with Crippen LogP contribution in [0.5, 0.6) is 5.88 Å². The van der Waals surface area contributed by atoms with Crippen LogP contribution < -0.4 is 4.74 Å². The van der Waals surface area contributed by atoms with E-state index < -0.39 is 0 Å². The molecular weight excluding hydrogens is 228 g/mol. The highest BCUT2D eigenvalue weighted by Crippen LogP contribution is 2.24. The molecule has 1 aromatic heterocycles. The number of aliphatic hydroxyl groups excluding tert-OH is 1. The maximum absolute atomic E-state index is 9.21. The molecule has 0 fully saturated rings. The van der Waals surface area contributed by atoms with Crippen LogP contribution >= 0.6 is 0 Å². The highest BCUT2D eigenvalue weighted by atomic mass is 16.5. The molecule has 0 aliphatic rings. The third-order valence-corrected chi connectivity index (χ3v) is 2.70. The molecule has 0 atom stereocenters. The van der Waals surface area contributed by atoms with Gasteiger partial charge in [-0.15, -0.1) is 0 Å². The normalized spacial score (nSPS) is 11.1. The van der Waals surface area contributed by atoms with Crippen LogP contribution in [0.15, 0.2) is 30.3 Å². The average molecular weight is 246 g/mol. The summed E-state index contributed by atoms with van der Waals surface area (Å²) < 4.78 is 5.71. The lowest BCUT2D eigenvalue weighted by atomic mass is 10.1. The van der Waals surface area contributed by atoms with Gasteiger partial charge in [0.05, 0.1) is 12.3 Å². The van der Waals surface area contributed by atoms with E-state index in [9.17, 15) is 5.11 Å². The van der Waals surface area contributed by atoms with Gasteiger partial charge in [-0.1, -0.05) is 18.2 Å². The molecule has 2 aromatic rings. The van der Waals surface area contributed by atoms with Gasteiger partial charge in [0, 0.05) is 11.9 Å². The summed E-state index contributed by atoms with van der Waals surface area (Å²) in [7, 11) is 4.00. The number of hydrogen-bond donors (Lipinski definition) is 1. The number of likely N-dealkylation sites (N-methyl/N-ethyl adjacent to an activating group) is 1. The van der Waals surface area contributed by atoms with Crippen molar-refractivity contribution in [3.05, 3.63) is 36.0 Å². The van der Waals surface area contributed by atoms with E-state index in [-0.39, 0.29) is 6.61 Å². The number of benzene rings is 1. The number of fused-ring (bicyclic) bond motifs is 1. The van der Waals surface area contributed by atoms with Gasteiger partial charge in [0.25, 0.3) is 0 Å². The van der Waals surface area contributed by atoms with Crippen molar-refractivity contribution in [1.82, 2.24) is 9.88 Å². The monoisotopic (exact) mass is 246 g/mol. The van der Waals surface area contributed by atoms with Gasteiger partial charge < -0.3 is 14.7 Å². The first-order valence-electron chi connectivity index (χ1n) is 5.98. The molecule has 18 heavy (non-hydrogen) atoms. The molecule has 96 valence electrons. The molecule has 0 unspecified atom stereocenters. The van der Waals surface area contributed by atoms with Crippen molar-refractivity contribution in [1.29, 1.82) is 0 Å². The van der Waals surface area contributed by atoms with Crippen LogP contribution in [0.2, 0.25) is 0 Å². The van der Waals surface area contributed by atoms with Gasteiger partial charge in [-0.25, -0.2) is 4.98 Å². The Kier molecular flexibility index (Phi) is 4.12. The topological polar surface area (TPSA) is 45.6 Å². The SMILES string of the molecule is CN(C)CCOc1nc(CO)cc2ccccc12. The quantitative estimate of drug-likeness (QED) is 0.871. The van der Waals surface area contributed by atoms with Gasteiger partial charge in [-0.05, 0) is 31.6 Å². The Balaban J connectivity index is 2.29. The van der Waals surface area contributed by atoms with Gasteiger partial charge in [-0.3, -0.25) is 0 Å². The first-order valence-corrected chi connectivity index (χ1v) is 5.98. The van der Waals surface area contributed by atoms with E-state index in [4.69, 9.17) is 4.74 Å². The van der Waals surface area contributed by atoms with Crippen molar-refractivity contribution in [2.45, 2.75) is 6.61 Å². The second-order valence-corrected chi connectivity index (χ2v) is 4.45. The van der Waals surface area contributed by atoms with Crippen molar-refractivity contribution < 1.29 is 9.84 Å². The Morgan fingerprint density at radius 3 is 2.78 bits per heavy atom. The van der Waals surface area contributed by atoms with Gasteiger partial charge in [0.2, 0.25) is 5.88 Å². The van der Waals surface area contributed by atoms with Crippen LogP contribution in [0, 0.1) is 0 Å². The molecule has 0 spiro atoms. The van der Waals surface area contributed by atoms with E-state index in [1.54, 1.807) is 0 Å². The van der Waals surface area contributed by atoms with E-state index >= 15 is 0 Å². The fourth-order valence-electron chi connectivity index (χ4n) is 1.74. The number of nitrogens with zero attached hydrogens (tertiary/aromatic N) is 2. The molecule has 1 N–H and O–H groups in total. The summed E-state index contributed by atoms with van der Waals surface area (Å²) in [6.07, 6.45) is 0. The van der Waals surface area contributed by atoms with Crippen molar-refractivity contribution in [2.24, 2.45) is 0 Å². The molecule has 0 bridgehead atoms. The lowest BCUT2D eigenvalue weighted by Gasteiger charge is -2.12. The molecular formula is C14H18N2O2. The van der Waals surface area contributed by atoms with Crippen molar-refractivity contribution in [3.8, 4) is 5.88 Å². The zero-order valence-electron chi connectivity index (χ0n) is 10.8. The second kappa shape index (κ2) is 5.80. The summed E-state index contributed by atoms with van der Waals surface area (Å²) in [4.78, 5) is 6.38. The van der Waals surface area contributed by atoms with E-state index in [0.29, 0.717) is 18.2 Å². The van der Waals surface area contributed by atoms with Gasteiger partial charge in [-0.2, -0.15) is 0 Å². The summed E-state index contributed by atoms with van der Waals surface area (Å²) in [6.45, 7) is 1.34. The zero-order valence-corrected chi connectivity index (χ0v) is 10.8. The molecule has 0 radical (unpaired) electrons. The number of hydrogen-bond acceptors (Lipinski definition) is 4. The van der Waals surface area contributed by atoms with Gasteiger partial charge in [0.15, 0.2) is 0 Å². The van der Waals surface area contributed by atoms with E-state index in [0.717, 1.165) is 17.3 Å². The third kappa shape index (κ3) is 2.97. The number of aliphatic hydroxyl groups is 1. The Morgan fingerprint density at radius 1 is 1.28 bits per heavy atom. The summed E-state index contributed by atoms with van der Waals surface area (Å²) in [5, 5.41) is 11.2. The molecule has 0 saturated heterocycles. The molecule has 0 aliphatic carbocycles. The van der Waals surface area contributed by atoms with Gasteiger partial charge >= 0.3 is 0 Å². The number of rotatable bonds is 5. The highest BCUT2D eigenvalue weighted by molar-refractivity contribution is 5.87. The maximum Gasteiger partial charge on any atom is 0.221 e. The predicted octanol–water partition coefficient (Wildman–Crippen LogP) is 1.67. The third-order valence-electron chi connectivity index (χ3n) is 2.70. The smallest absolute Gasteiger partial charge is 0.221 e. The van der Waals surface area contributed by atoms with E-state index in [1.807, 2.05) is 44.4 Å². The van der Waals surface area contributed by atoms with Crippen LogP contribution in [0.3, 0.4) is 0 Å². The Hall–Kier alpha value is -1.65. The largest absolute Gasteiger partial charge is 0.476 e. The number of aromatic nitrogens is 1. The van der Waals surface area contributed by atoms with Gasteiger partial charge in [0.1, 0.15) is 6.61 Å². The summed E-state index contributed by atoms with van der Waals surface area (Å²) in [5.74, 6) is 0.596. The van der Waals surface area contributed by atoms with Crippen molar-refractivity contribution in [3.63, 3.8) is 0 Å². The fraction of sp³-hybridized carbons (Fsp3) is 0.357. The molecule has 4 heteroatoms. The summed E-state index contributed by atoms with van der Waals surface area (Å²) in [6, 6.07) is 9.78. The minimum atomic E-state index is -0.0745. The molecule has 0 aliphatic heterocycles. The zero-order chi connectivity index (χ0) is 13.0. The fourth-order valence-corrected chi connectivity index (χ4v) is 1.74. The molecule has 1 heterocycles. The minimum absolute atomic E-state index is 0.0745. The summed E-state index contributed by atoms with van der Waals surface area (Å²) in [5.41, 5.74) is 0.633. The van der Waals surface area contributed by atoms with Crippen LogP contribution in [0.1, 0.15) is 5.69 Å². The minimum Gasteiger partial charge on any atom is -0.476 e. The predicted molar refractivity (Wildman–Crippen MR) is 71.7 cm³/mol. The van der Waals surface area contributed by atoms with Crippen LogP contribution in [-0.4, -0.2) is 42.2 Å². The molecule has 4 nitrogen and oxygen atoms in total. The lowest BCUT2D eigenvalue weighted by molar-refractivity contribution is 0.249. The Morgan fingerprint density at radius 2 is 2.06 bits per heavy atom. The number of pyridine rings is 1. The highest BCUT2D eigenvalue weighted by Gasteiger charge is 2.06. The second-order valence-electron chi connectivity index (χ2n) is 4.45. The van der Waals surface area contributed by atoms with Crippen molar-refractivity contribution >= 4 is 10.8 Å². The molecule has 1 aromatic carbocycles. The average Bonchev–Trinajstić information content (AvgIpc) is 2.38. The standard InChI is InChI=1S/C14H18N2O2/c1-16(2)7-8-18-14-13-6-4-3-5-11(13)9-12(10-17)15-14/h3-6,9,17H,7-8,10H2,1-2H3. The Labute approximate surface area is 107 Å². The maximum atomic E-state index is 9.21. The van der Waals surface area contributed by atoms with Crippen LogP contribution in [0.25, 0.3) is 10.8 Å². The first-order chi connectivity index (χ1) is 8.70. The molecule has 2 rings (SSSR count). The lowest BCUT2D eigenvalue weighted by Crippen LogP contribution is -2.19. The number of ether oxygens (including phenoxy) is 1. The summed E-state index contributed by atoms with van der Waals surface area (Å²) >= 11 is 0. The first kappa shape index (κ1) is 12.8. The van der Waals surface area contributed by atoms with E-state index in [2.05, 4.69) is 9.88 Å². The van der Waals surface area contributed by atoms with Crippen LogP contribution in [-0.2, 0) is 6.61 Å². The Bertz CT molecular complexity index is 526. The molecule has 0 amide bonds. The van der Waals surface area contributed by atoms with Crippen molar-refractivity contribution in [2.75, 3.05) is 27.2 Å². The van der Waals surface area contributed by atoms with E-state index in [1.165, 1.54) is 0 Å².